The van der Waals surface area contributed by atoms with Gasteiger partial charge in [0.2, 0.25) is 0 Å². The van der Waals surface area contributed by atoms with E-state index in [4.69, 9.17) is 5.73 Å². The van der Waals surface area contributed by atoms with Gasteiger partial charge in [0.05, 0.1) is 4.92 Å². The van der Waals surface area contributed by atoms with Gasteiger partial charge in [0.1, 0.15) is 0 Å². The summed E-state index contributed by atoms with van der Waals surface area (Å²) in [5.41, 5.74) is 7.09. The van der Waals surface area contributed by atoms with Crippen LogP contribution < -0.4 is 11.1 Å². The van der Waals surface area contributed by atoms with Crippen molar-refractivity contribution in [2.75, 3.05) is 12.8 Å². The molecule has 5 nitrogen and oxygen atoms in total. The van der Waals surface area contributed by atoms with E-state index in [0.29, 0.717) is 5.69 Å². The normalized spacial score (nSPS) is 12.4. The highest BCUT2D eigenvalue weighted by Crippen LogP contribution is 2.24. The first-order chi connectivity index (χ1) is 6.56. The molecule has 0 aliphatic carbocycles. The molecular weight excluding hydrogens is 182 g/mol. The van der Waals surface area contributed by atoms with Gasteiger partial charge in [-0.2, -0.15) is 0 Å². The molecule has 5 heteroatoms. The molecule has 0 aliphatic rings. The Hall–Kier alpha value is -1.62. The number of nitro groups is 1. The highest BCUT2D eigenvalue weighted by molar-refractivity contribution is 5.53. The summed E-state index contributed by atoms with van der Waals surface area (Å²) in [4.78, 5) is 10.1. The van der Waals surface area contributed by atoms with Crippen LogP contribution in [0.15, 0.2) is 18.2 Å². The van der Waals surface area contributed by atoms with E-state index in [9.17, 15) is 10.1 Å². The highest BCUT2D eigenvalue weighted by Gasteiger charge is 2.12. The van der Waals surface area contributed by atoms with Crippen molar-refractivity contribution in [1.82, 2.24) is 5.32 Å². The van der Waals surface area contributed by atoms with Crippen LogP contribution in [0.4, 0.5) is 11.4 Å². The first-order valence-electron chi connectivity index (χ1n) is 4.27. The zero-order valence-corrected chi connectivity index (χ0v) is 8.15. The molecule has 0 bridgehead atoms. The smallest absolute Gasteiger partial charge is 0.269 e. The molecule has 0 aliphatic heterocycles. The number of anilines is 1. The van der Waals surface area contributed by atoms with E-state index in [1.165, 1.54) is 12.1 Å². The number of non-ortho nitro benzene ring substituents is 1. The van der Waals surface area contributed by atoms with E-state index in [2.05, 4.69) is 5.32 Å². The Bertz CT molecular complexity index is 352. The lowest BCUT2D eigenvalue weighted by Gasteiger charge is -2.12. The molecule has 14 heavy (non-hydrogen) atoms. The van der Waals surface area contributed by atoms with Crippen molar-refractivity contribution in [2.24, 2.45) is 0 Å². The number of hydrogen-bond acceptors (Lipinski definition) is 4. The summed E-state index contributed by atoms with van der Waals surface area (Å²) in [5.74, 6) is 0. The topological polar surface area (TPSA) is 81.2 Å². The molecule has 76 valence electrons. The molecule has 0 fully saturated rings. The fourth-order valence-electron chi connectivity index (χ4n) is 1.21. The van der Waals surface area contributed by atoms with Crippen molar-refractivity contribution in [1.29, 1.82) is 0 Å². The summed E-state index contributed by atoms with van der Waals surface area (Å²) >= 11 is 0. The summed E-state index contributed by atoms with van der Waals surface area (Å²) in [5, 5.41) is 13.5. The standard InChI is InChI=1S/C9H13N3O2/c1-6(11-2)8-5-7(12(13)14)3-4-9(8)10/h3-6,11H,10H2,1-2H3. The number of benzene rings is 1. The molecular formula is C9H13N3O2. The van der Waals surface area contributed by atoms with Crippen LogP contribution in [0.1, 0.15) is 18.5 Å². The van der Waals surface area contributed by atoms with E-state index in [1.54, 1.807) is 13.1 Å². The Kier molecular flexibility index (Phi) is 3.03. The van der Waals surface area contributed by atoms with Gasteiger partial charge in [-0.1, -0.05) is 0 Å². The summed E-state index contributed by atoms with van der Waals surface area (Å²) in [7, 11) is 1.78. The Labute approximate surface area is 82.1 Å². The largest absolute Gasteiger partial charge is 0.398 e. The third-order valence-electron chi connectivity index (χ3n) is 2.18. The fourth-order valence-corrected chi connectivity index (χ4v) is 1.21. The van der Waals surface area contributed by atoms with Crippen molar-refractivity contribution >= 4 is 11.4 Å². The molecule has 1 rings (SSSR count). The molecule has 1 aromatic rings. The lowest BCUT2D eigenvalue weighted by atomic mass is 10.1. The van der Waals surface area contributed by atoms with Gasteiger partial charge < -0.3 is 11.1 Å². The third-order valence-corrected chi connectivity index (χ3v) is 2.18. The third kappa shape index (κ3) is 2.00. The number of nitrogens with zero attached hydrogens (tertiary/aromatic N) is 1. The zero-order valence-electron chi connectivity index (χ0n) is 8.15. The minimum absolute atomic E-state index is 0.00917. The number of nitrogen functional groups attached to an aromatic ring is 1. The summed E-state index contributed by atoms with van der Waals surface area (Å²) in [6, 6.07) is 4.47. The van der Waals surface area contributed by atoms with Crippen LogP contribution in [0.25, 0.3) is 0 Å². The van der Waals surface area contributed by atoms with Crippen molar-refractivity contribution in [3.63, 3.8) is 0 Å². The molecule has 0 spiro atoms. The van der Waals surface area contributed by atoms with Crippen molar-refractivity contribution < 1.29 is 4.92 Å². The van der Waals surface area contributed by atoms with Crippen LogP contribution in [0.2, 0.25) is 0 Å². The van der Waals surface area contributed by atoms with Crippen molar-refractivity contribution in [2.45, 2.75) is 13.0 Å². The average molecular weight is 195 g/mol. The minimum atomic E-state index is -0.425. The maximum atomic E-state index is 10.5. The molecule has 1 atom stereocenters. The van der Waals surface area contributed by atoms with Crippen LogP contribution in [-0.4, -0.2) is 12.0 Å². The zero-order chi connectivity index (χ0) is 10.7. The summed E-state index contributed by atoms with van der Waals surface area (Å²) in [6.07, 6.45) is 0. The SMILES string of the molecule is CNC(C)c1cc([N+](=O)[O-])ccc1N. The van der Waals surface area contributed by atoms with Crippen LogP contribution in [0, 0.1) is 10.1 Å². The number of nitrogens with one attached hydrogen (secondary N) is 1. The molecule has 1 unspecified atom stereocenters. The second-order valence-corrected chi connectivity index (χ2v) is 3.08. The van der Waals surface area contributed by atoms with E-state index >= 15 is 0 Å². The summed E-state index contributed by atoms with van der Waals surface area (Å²) < 4.78 is 0. The molecule has 0 aromatic heterocycles. The first-order valence-corrected chi connectivity index (χ1v) is 4.27. The number of rotatable bonds is 3. The number of hydrogen-bond donors (Lipinski definition) is 2. The van der Waals surface area contributed by atoms with Gasteiger partial charge in [-0.15, -0.1) is 0 Å². The maximum absolute atomic E-state index is 10.5. The molecule has 1 aromatic carbocycles. The number of nitrogens with two attached hydrogens (primary N) is 1. The Morgan fingerprint density at radius 3 is 2.71 bits per heavy atom. The average Bonchev–Trinajstić information content (AvgIpc) is 2.17. The first kappa shape index (κ1) is 10.5. The predicted molar refractivity (Wildman–Crippen MR) is 55.0 cm³/mol. The molecule has 0 saturated heterocycles. The van der Waals surface area contributed by atoms with Crippen LogP contribution in [-0.2, 0) is 0 Å². The van der Waals surface area contributed by atoms with Gasteiger partial charge in [-0.05, 0) is 25.6 Å². The second kappa shape index (κ2) is 4.06. The number of nitro benzene ring substituents is 1. The monoisotopic (exact) mass is 195 g/mol. The van der Waals surface area contributed by atoms with Crippen LogP contribution in [0.5, 0.6) is 0 Å². The van der Waals surface area contributed by atoms with Gasteiger partial charge in [-0.3, -0.25) is 10.1 Å². The van der Waals surface area contributed by atoms with Gasteiger partial charge in [0.25, 0.3) is 5.69 Å². The molecule has 0 saturated carbocycles. The van der Waals surface area contributed by atoms with Crippen LogP contribution >= 0.6 is 0 Å². The van der Waals surface area contributed by atoms with Gasteiger partial charge in [-0.25, -0.2) is 0 Å². The minimum Gasteiger partial charge on any atom is -0.398 e. The second-order valence-electron chi connectivity index (χ2n) is 3.08. The van der Waals surface area contributed by atoms with Crippen LogP contribution in [0.3, 0.4) is 0 Å². The molecule has 0 radical (unpaired) electrons. The molecule has 0 amide bonds. The van der Waals surface area contributed by atoms with E-state index in [1.807, 2.05) is 6.92 Å². The Balaban J connectivity index is 3.14. The maximum Gasteiger partial charge on any atom is 0.269 e. The fraction of sp³-hybridized carbons (Fsp3) is 0.333. The Morgan fingerprint density at radius 1 is 1.57 bits per heavy atom. The van der Waals surface area contributed by atoms with E-state index in [0.717, 1.165) is 5.56 Å². The quantitative estimate of drug-likeness (QED) is 0.434. The van der Waals surface area contributed by atoms with Gasteiger partial charge >= 0.3 is 0 Å². The molecule has 0 heterocycles. The van der Waals surface area contributed by atoms with E-state index < -0.39 is 4.92 Å². The lowest BCUT2D eigenvalue weighted by molar-refractivity contribution is -0.384. The Morgan fingerprint density at radius 2 is 2.21 bits per heavy atom. The van der Waals surface area contributed by atoms with Crippen molar-refractivity contribution in [3.05, 3.63) is 33.9 Å². The van der Waals surface area contributed by atoms with Gasteiger partial charge in [0.15, 0.2) is 0 Å². The van der Waals surface area contributed by atoms with Crippen molar-refractivity contribution in [3.8, 4) is 0 Å². The summed E-state index contributed by atoms with van der Waals surface area (Å²) in [6.45, 7) is 1.90. The molecule has 3 N–H and O–H groups in total. The van der Waals surface area contributed by atoms with E-state index in [-0.39, 0.29) is 11.7 Å². The highest BCUT2D eigenvalue weighted by atomic mass is 16.6. The predicted octanol–water partition coefficient (Wildman–Crippen LogP) is 1.46. The lowest BCUT2D eigenvalue weighted by Crippen LogP contribution is -2.14. The van der Waals surface area contributed by atoms with Gasteiger partial charge in [0, 0.05) is 23.9 Å².